The van der Waals surface area contributed by atoms with Gasteiger partial charge < -0.3 is 20.8 Å². The van der Waals surface area contributed by atoms with Crippen molar-refractivity contribution in [3.05, 3.63) is 46.5 Å². The van der Waals surface area contributed by atoms with E-state index in [2.05, 4.69) is 10.6 Å². The number of hydrogen-bond acceptors (Lipinski definition) is 6. The summed E-state index contributed by atoms with van der Waals surface area (Å²) in [5.74, 6) is -1.57. The molecule has 0 radical (unpaired) electrons. The molecule has 0 aromatic heterocycles. The van der Waals surface area contributed by atoms with Crippen LogP contribution in [0.25, 0.3) is 0 Å². The number of aromatic hydroxyl groups is 2. The molecule has 6 nitrogen and oxygen atoms in total. The van der Waals surface area contributed by atoms with Gasteiger partial charge in [0.1, 0.15) is 11.5 Å². The molecule has 3 rings (SSSR count). The number of anilines is 2. The van der Waals surface area contributed by atoms with Crippen LogP contribution in [0.5, 0.6) is 11.5 Å². The first kappa shape index (κ1) is 13.9. The van der Waals surface area contributed by atoms with Gasteiger partial charge in [0.25, 0.3) is 0 Å². The van der Waals surface area contributed by atoms with Crippen LogP contribution >= 0.6 is 0 Å². The van der Waals surface area contributed by atoms with E-state index in [0.717, 1.165) is 0 Å². The van der Waals surface area contributed by atoms with E-state index in [9.17, 15) is 19.8 Å². The Morgan fingerprint density at radius 3 is 1.41 bits per heavy atom. The molecule has 112 valence electrons. The van der Waals surface area contributed by atoms with Gasteiger partial charge in [-0.3, -0.25) is 9.59 Å². The van der Waals surface area contributed by atoms with E-state index in [-0.39, 0.29) is 33.8 Å². The van der Waals surface area contributed by atoms with Crippen LogP contribution in [0.1, 0.15) is 31.8 Å². The number of carbonyl (C=O) groups is 2. The maximum Gasteiger partial charge on any atom is 0.202 e. The molecule has 0 saturated carbocycles. The highest BCUT2D eigenvalue weighted by Gasteiger charge is 2.37. The van der Waals surface area contributed by atoms with Crippen molar-refractivity contribution in [1.29, 1.82) is 0 Å². The van der Waals surface area contributed by atoms with Gasteiger partial charge in [0.05, 0.1) is 22.3 Å². The molecule has 2 aromatic carbocycles. The minimum atomic E-state index is -0.575. The molecule has 0 heterocycles. The summed E-state index contributed by atoms with van der Waals surface area (Å²) in [6.45, 7) is 0. The highest BCUT2D eigenvalue weighted by molar-refractivity contribution is 6.33. The lowest BCUT2D eigenvalue weighted by molar-refractivity contribution is 0.0975. The lowest BCUT2D eigenvalue weighted by Crippen LogP contribution is -2.23. The summed E-state index contributed by atoms with van der Waals surface area (Å²) in [5, 5.41) is 25.7. The average Bonchev–Trinajstić information content (AvgIpc) is 2.52. The summed E-state index contributed by atoms with van der Waals surface area (Å²) in [6.07, 6.45) is 0. The molecule has 22 heavy (non-hydrogen) atoms. The predicted octanol–water partition coefficient (Wildman–Crippen LogP) is 1.96. The molecule has 0 spiro atoms. The molecule has 1 aliphatic rings. The molecule has 0 bridgehead atoms. The standard InChI is InChI=1S/C16H14N2O4/c1-17-7-3-5-9(19)13-11(7)15(21)12-8(18-2)4-6-10(20)14(12)16(13)22/h3-6,17-20H,1-2H3. The zero-order chi connectivity index (χ0) is 16.0. The van der Waals surface area contributed by atoms with E-state index in [1.807, 2.05) is 0 Å². The third kappa shape index (κ3) is 1.67. The van der Waals surface area contributed by atoms with Crippen molar-refractivity contribution in [3.63, 3.8) is 0 Å². The third-order valence-electron chi connectivity index (χ3n) is 3.81. The van der Waals surface area contributed by atoms with Gasteiger partial charge in [-0.1, -0.05) is 0 Å². The molecule has 6 heteroatoms. The average molecular weight is 298 g/mol. The second kappa shape index (κ2) is 4.77. The van der Waals surface area contributed by atoms with E-state index >= 15 is 0 Å². The first-order chi connectivity index (χ1) is 10.5. The number of benzene rings is 2. The summed E-state index contributed by atoms with van der Waals surface area (Å²) >= 11 is 0. The molecular formula is C16H14N2O4. The third-order valence-corrected chi connectivity index (χ3v) is 3.81. The fourth-order valence-corrected chi connectivity index (χ4v) is 2.78. The summed E-state index contributed by atoms with van der Waals surface area (Å²) in [5.41, 5.74) is 0.939. The number of carbonyl (C=O) groups excluding carboxylic acids is 2. The highest BCUT2D eigenvalue weighted by Crippen LogP contribution is 2.42. The van der Waals surface area contributed by atoms with E-state index in [1.165, 1.54) is 24.3 Å². The second-order valence-electron chi connectivity index (χ2n) is 4.92. The van der Waals surface area contributed by atoms with Gasteiger partial charge in [-0.05, 0) is 24.3 Å². The second-order valence-corrected chi connectivity index (χ2v) is 4.92. The number of hydrogen-bond donors (Lipinski definition) is 4. The molecular weight excluding hydrogens is 284 g/mol. The molecule has 0 atom stereocenters. The number of fused-ring (bicyclic) bond motifs is 2. The Bertz CT molecular complexity index is 762. The SMILES string of the molecule is CNc1ccc(O)c2c1C(=O)c1c(NC)ccc(O)c1C2=O. The molecule has 1 aliphatic carbocycles. The number of ketones is 2. The zero-order valence-electron chi connectivity index (χ0n) is 12.0. The summed E-state index contributed by atoms with van der Waals surface area (Å²) in [6, 6.07) is 5.76. The topological polar surface area (TPSA) is 98.7 Å². The van der Waals surface area contributed by atoms with Gasteiger partial charge in [0, 0.05) is 25.5 Å². The van der Waals surface area contributed by atoms with Crippen LogP contribution in [0.15, 0.2) is 24.3 Å². The minimum Gasteiger partial charge on any atom is -0.507 e. The minimum absolute atomic E-state index is 0.0899. The number of rotatable bonds is 2. The van der Waals surface area contributed by atoms with Crippen molar-refractivity contribution >= 4 is 22.9 Å². The van der Waals surface area contributed by atoms with Gasteiger partial charge in [-0.25, -0.2) is 0 Å². The molecule has 0 saturated heterocycles. The Hall–Kier alpha value is -3.02. The largest absolute Gasteiger partial charge is 0.507 e. The van der Waals surface area contributed by atoms with Gasteiger partial charge >= 0.3 is 0 Å². The fourth-order valence-electron chi connectivity index (χ4n) is 2.78. The molecule has 0 unspecified atom stereocenters. The summed E-state index contributed by atoms with van der Waals surface area (Å²) in [4.78, 5) is 25.6. The lowest BCUT2D eigenvalue weighted by atomic mass is 9.81. The van der Waals surface area contributed by atoms with E-state index in [1.54, 1.807) is 14.1 Å². The normalized spacial score (nSPS) is 12.6. The maximum atomic E-state index is 12.9. The first-order valence-corrected chi connectivity index (χ1v) is 6.68. The van der Waals surface area contributed by atoms with Crippen LogP contribution in [0.3, 0.4) is 0 Å². The Morgan fingerprint density at radius 1 is 0.682 bits per heavy atom. The molecule has 4 N–H and O–H groups in total. The smallest absolute Gasteiger partial charge is 0.202 e. The Morgan fingerprint density at radius 2 is 1.05 bits per heavy atom. The van der Waals surface area contributed by atoms with Crippen molar-refractivity contribution in [3.8, 4) is 11.5 Å². The Balaban J connectivity index is 2.43. The van der Waals surface area contributed by atoms with Crippen molar-refractivity contribution in [2.24, 2.45) is 0 Å². The van der Waals surface area contributed by atoms with E-state index in [0.29, 0.717) is 11.4 Å². The van der Waals surface area contributed by atoms with Gasteiger partial charge in [-0.15, -0.1) is 0 Å². The Kier molecular flexibility index (Phi) is 3.02. The van der Waals surface area contributed by atoms with Crippen molar-refractivity contribution < 1.29 is 19.8 Å². The number of phenols is 2. The van der Waals surface area contributed by atoms with Gasteiger partial charge in [-0.2, -0.15) is 0 Å². The van der Waals surface area contributed by atoms with Gasteiger partial charge in [0.15, 0.2) is 5.78 Å². The summed E-state index contributed by atoms with van der Waals surface area (Å²) in [7, 11) is 3.25. The number of phenolic OH excluding ortho intramolecular Hbond substituents is 2. The quantitative estimate of drug-likeness (QED) is 0.540. The van der Waals surface area contributed by atoms with E-state index in [4.69, 9.17) is 0 Å². The first-order valence-electron chi connectivity index (χ1n) is 6.68. The van der Waals surface area contributed by atoms with E-state index < -0.39 is 11.6 Å². The van der Waals surface area contributed by atoms with Crippen LogP contribution in [0.2, 0.25) is 0 Å². The summed E-state index contributed by atoms with van der Waals surface area (Å²) < 4.78 is 0. The molecule has 0 amide bonds. The monoisotopic (exact) mass is 298 g/mol. The molecule has 2 aromatic rings. The lowest BCUT2D eigenvalue weighted by Gasteiger charge is -2.23. The highest BCUT2D eigenvalue weighted by atomic mass is 16.3. The van der Waals surface area contributed by atoms with Crippen molar-refractivity contribution in [1.82, 2.24) is 0 Å². The number of nitrogens with one attached hydrogen (secondary N) is 2. The van der Waals surface area contributed by atoms with Crippen molar-refractivity contribution in [2.75, 3.05) is 24.7 Å². The Labute approximate surface area is 126 Å². The van der Waals surface area contributed by atoms with Crippen LogP contribution in [-0.2, 0) is 0 Å². The fraction of sp³-hybridized carbons (Fsp3) is 0.125. The molecule has 0 aliphatic heterocycles. The predicted molar refractivity (Wildman–Crippen MR) is 82.2 cm³/mol. The maximum absolute atomic E-state index is 12.9. The van der Waals surface area contributed by atoms with Crippen molar-refractivity contribution in [2.45, 2.75) is 0 Å². The van der Waals surface area contributed by atoms with Gasteiger partial charge in [0.2, 0.25) is 5.78 Å². The zero-order valence-corrected chi connectivity index (χ0v) is 12.0. The van der Waals surface area contributed by atoms with Crippen LogP contribution in [0, 0.1) is 0 Å². The van der Waals surface area contributed by atoms with Crippen LogP contribution in [0.4, 0.5) is 11.4 Å². The van der Waals surface area contributed by atoms with Crippen LogP contribution in [-0.4, -0.2) is 35.9 Å². The molecule has 0 fully saturated rings. The van der Waals surface area contributed by atoms with Crippen LogP contribution < -0.4 is 10.6 Å².